The molecule has 1 amide bonds. The Labute approximate surface area is 276 Å². The highest BCUT2D eigenvalue weighted by Crippen LogP contribution is 2.54. The number of rotatable bonds is 5. The van der Waals surface area contributed by atoms with Gasteiger partial charge in [-0.1, -0.05) is 47.8 Å². The highest BCUT2D eigenvalue weighted by molar-refractivity contribution is 6.40. The van der Waals surface area contributed by atoms with Gasteiger partial charge in [0, 0.05) is 40.4 Å². The molecule has 11 heteroatoms. The van der Waals surface area contributed by atoms with E-state index in [0.29, 0.717) is 57.3 Å². The van der Waals surface area contributed by atoms with Crippen LogP contribution in [0.4, 0.5) is 15.8 Å². The second kappa shape index (κ2) is 11.0. The van der Waals surface area contributed by atoms with Gasteiger partial charge in [-0.3, -0.25) is 4.79 Å². The number of hydrogen-bond donors (Lipinski definition) is 1. The van der Waals surface area contributed by atoms with Crippen molar-refractivity contribution in [3.63, 3.8) is 0 Å². The highest BCUT2D eigenvalue weighted by Gasteiger charge is 2.53. The van der Waals surface area contributed by atoms with Crippen molar-refractivity contribution in [2.45, 2.75) is 63.7 Å². The van der Waals surface area contributed by atoms with Crippen molar-refractivity contribution in [2.75, 3.05) is 36.3 Å². The summed E-state index contributed by atoms with van der Waals surface area (Å²) in [5.74, 6) is -1.74. The number of fused-ring (bicyclic) bond motifs is 3. The zero-order valence-corrected chi connectivity index (χ0v) is 26.9. The number of carbonyl (C=O) groups excluding carboxylic acids is 1. The summed E-state index contributed by atoms with van der Waals surface area (Å²) < 4.78 is 27.5. The normalized spacial score (nSPS) is 24.3. The number of carboxylic acids is 1. The first kappa shape index (κ1) is 29.8. The molecule has 1 saturated carbocycles. The zero-order valence-electron chi connectivity index (χ0n) is 25.4. The van der Waals surface area contributed by atoms with Crippen molar-refractivity contribution in [3.8, 4) is 16.9 Å². The van der Waals surface area contributed by atoms with Crippen LogP contribution in [-0.2, 0) is 11.3 Å². The van der Waals surface area contributed by atoms with Crippen LogP contribution in [0, 0.1) is 11.2 Å². The lowest BCUT2D eigenvalue weighted by atomic mass is 9.58. The molecule has 2 bridgehead atoms. The van der Waals surface area contributed by atoms with Crippen molar-refractivity contribution < 1.29 is 28.6 Å². The monoisotopic (exact) mass is 665 g/mol. The number of morpholine rings is 1. The molecule has 4 fully saturated rings. The first-order valence-corrected chi connectivity index (χ1v) is 16.6. The van der Waals surface area contributed by atoms with Crippen molar-refractivity contribution in [2.24, 2.45) is 5.41 Å². The lowest BCUT2D eigenvalue weighted by molar-refractivity contribution is 0.0388. The summed E-state index contributed by atoms with van der Waals surface area (Å²) in [6.45, 7) is 4.34. The lowest BCUT2D eigenvalue weighted by Crippen LogP contribution is -2.66. The van der Waals surface area contributed by atoms with Crippen molar-refractivity contribution in [3.05, 3.63) is 75.0 Å². The Hall–Kier alpha value is -3.53. The van der Waals surface area contributed by atoms with Crippen LogP contribution in [0.1, 0.15) is 65.3 Å². The van der Waals surface area contributed by atoms with E-state index in [9.17, 15) is 14.7 Å². The molecular weight excluding hydrogens is 632 g/mol. The number of anilines is 2. The van der Waals surface area contributed by atoms with Crippen LogP contribution in [0.15, 0.2) is 42.5 Å². The van der Waals surface area contributed by atoms with Gasteiger partial charge in [-0.15, -0.1) is 0 Å². The quantitative estimate of drug-likeness (QED) is 0.308. The summed E-state index contributed by atoms with van der Waals surface area (Å²) in [7, 11) is 0. The smallest absolute Gasteiger partial charge is 0.337 e. The van der Waals surface area contributed by atoms with Gasteiger partial charge >= 0.3 is 5.97 Å². The molecule has 4 heterocycles. The van der Waals surface area contributed by atoms with Gasteiger partial charge < -0.3 is 29.3 Å². The Morgan fingerprint density at radius 1 is 1.02 bits per heavy atom. The summed E-state index contributed by atoms with van der Waals surface area (Å²) in [6.07, 6.45) is 5.55. The number of halogens is 3. The summed E-state index contributed by atoms with van der Waals surface area (Å²) in [4.78, 5) is 31.9. The van der Waals surface area contributed by atoms with E-state index >= 15 is 4.39 Å². The number of carboxylic acid groups (broad SMARTS) is 1. The van der Waals surface area contributed by atoms with Crippen LogP contribution in [0.5, 0.6) is 5.75 Å². The molecule has 1 aliphatic carbocycles. The van der Waals surface area contributed by atoms with Crippen LogP contribution in [0.25, 0.3) is 11.1 Å². The largest absolute Gasteiger partial charge is 0.478 e. The minimum absolute atomic E-state index is 0.0390. The van der Waals surface area contributed by atoms with E-state index in [2.05, 4.69) is 16.7 Å². The molecule has 3 saturated heterocycles. The minimum Gasteiger partial charge on any atom is -0.478 e. The van der Waals surface area contributed by atoms with E-state index in [-0.39, 0.29) is 48.0 Å². The third-order valence-electron chi connectivity index (χ3n) is 11.0. The Morgan fingerprint density at radius 2 is 1.74 bits per heavy atom. The van der Waals surface area contributed by atoms with Crippen LogP contribution in [-0.4, -0.2) is 66.5 Å². The van der Waals surface area contributed by atoms with Crippen LogP contribution in [0.3, 0.4) is 0 Å². The molecule has 1 spiro atoms. The van der Waals surface area contributed by atoms with Crippen molar-refractivity contribution in [1.82, 2.24) is 4.90 Å². The summed E-state index contributed by atoms with van der Waals surface area (Å²) in [6, 6.07) is 12.2. The fraction of sp³-hybridized carbons (Fsp3) is 0.429. The van der Waals surface area contributed by atoms with Gasteiger partial charge in [0.25, 0.3) is 5.91 Å². The molecule has 1 N–H and O–H groups in total. The van der Waals surface area contributed by atoms with Gasteiger partial charge in [-0.25, -0.2) is 9.18 Å². The number of carbonyl (C=O) groups is 2. The van der Waals surface area contributed by atoms with E-state index in [1.165, 1.54) is 24.2 Å². The van der Waals surface area contributed by atoms with Gasteiger partial charge in [-0.2, -0.15) is 0 Å². The molecule has 0 radical (unpaired) electrons. The van der Waals surface area contributed by atoms with E-state index in [4.69, 9.17) is 32.7 Å². The van der Waals surface area contributed by atoms with E-state index in [1.807, 2.05) is 18.2 Å². The number of aromatic carboxylic acids is 1. The molecule has 3 aromatic carbocycles. The topological polar surface area (TPSA) is 82.5 Å². The Kier molecular flexibility index (Phi) is 7.16. The van der Waals surface area contributed by atoms with Crippen LogP contribution in [0.2, 0.25) is 10.0 Å². The van der Waals surface area contributed by atoms with E-state index < -0.39 is 11.8 Å². The van der Waals surface area contributed by atoms with Gasteiger partial charge in [0.15, 0.2) is 6.73 Å². The third-order valence-corrected chi connectivity index (χ3v) is 11.6. The fourth-order valence-electron chi connectivity index (χ4n) is 8.23. The van der Waals surface area contributed by atoms with Gasteiger partial charge in [0.2, 0.25) is 0 Å². The average molecular weight is 667 g/mol. The predicted molar refractivity (Wildman–Crippen MR) is 174 cm³/mol. The molecule has 3 aromatic rings. The standard InChI is InChI=1S/C35H34Cl2FN3O5/c1-19-35(8-3-9-35)17-40(19)23-10-27(36)31(28(37)11-23)33(42)39-14-20-4-2-5-24(32(20)46-18-39)25-13-30(26(34(43)44)12-29(25)38)41-21-6-7-22(41)16-45-15-21/h2,4-5,10-13,19,21-22H,3,6-9,14-18H2,1H3,(H,43,44). The molecule has 8 rings (SSSR count). The number of nitrogens with zero attached hydrogens (tertiary/aromatic N) is 3. The maximum Gasteiger partial charge on any atom is 0.337 e. The van der Waals surface area contributed by atoms with Crippen molar-refractivity contribution in [1.29, 1.82) is 0 Å². The molecule has 240 valence electrons. The summed E-state index contributed by atoms with van der Waals surface area (Å²) in [5.41, 5.74) is 3.37. The molecule has 46 heavy (non-hydrogen) atoms. The Balaban J connectivity index is 1.07. The Morgan fingerprint density at radius 3 is 2.37 bits per heavy atom. The fourth-order valence-corrected chi connectivity index (χ4v) is 8.86. The second-order valence-corrected chi connectivity index (χ2v) is 14.2. The van der Waals surface area contributed by atoms with Crippen LogP contribution < -0.4 is 14.5 Å². The SMILES string of the molecule is CC1N(c2cc(Cl)c(C(=O)N3COc4c(cccc4-c4cc(N5C6CCC5COC6)c(C(=O)O)cc4F)C3)c(Cl)c2)CC12CCC2. The summed E-state index contributed by atoms with van der Waals surface area (Å²) in [5, 5.41) is 10.6. The molecule has 3 unspecified atom stereocenters. The predicted octanol–water partition coefficient (Wildman–Crippen LogP) is 7.24. The zero-order chi connectivity index (χ0) is 31.9. The maximum atomic E-state index is 15.7. The molecule has 0 aromatic heterocycles. The first-order valence-electron chi connectivity index (χ1n) is 15.9. The molecule has 3 atom stereocenters. The third kappa shape index (κ3) is 4.57. The first-order chi connectivity index (χ1) is 22.1. The second-order valence-electron chi connectivity index (χ2n) is 13.4. The average Bonchev–Trinajstić information content (AvgIpc) is 3.25. The van der Waals surface area contributed by atoms with Gasteiger partial charge in [-0.05, 0) is 56.9 Å². The molecule has 5 aliphatic rings. The summed E-state index contributed by atoms with van der Waals surface area (Å²) >= 11 is 13.4. The lowest BCUT2D eigenvalue weighted by Gasteiger charge is -2.62. The van der Waals surface area contributed by atoms with Crippen LogP contribution >= 0.6 is 23.2 Å². The minimum atomic E-state index is -1.18. The van der Waals surface area contributed by atoms with Crippen molar-refractivity contribution >= 4 is 46.5 Å². The Bertz CT molecular complexity index is 1740. The number of amides is 1. The molecular formula is C35H34Cl2FN3O5. The van der Waals surface area contributed by atoms with Gasteiger partial charge in [0.05, 0.1) is 58.7 Å². The number of para-hydroxylation sites is 1. The molecule has 4 aliphatic heterocycles. The number of ether oxygens (including phenoxy) is 2. The van der Waals surface area contributed by atoms with E-state index in [1.54, 1.807) is 18.2 Å². The maximum absolute atomic E-state index is 15.7. The number of hydrogen-bond acceptors (Lipinski definition) is 6. The highest BCUT2D eigenvalue weighted by atomic mass is 35.5. The number of benzene rings is 3. The molecule has 8 nitrogen and oxygen atoms in total. The van der Waals surface area contributed by atoms with Gasteiger partial charge in [0.1, 0.15) is 11.6 Å². The van der Waals surface area contributed by atoms with E-state index in [0.717, 1.165) is 31.1 Å².